The molecule has 0 aliphatic rings. The van der Waals surface area contributed by atoms with E-state index >= 15 is 0 Å². The molecule has 1 radical (unpaired) electrons. The average Bonchev–Trinajstić information content (AvgIpc) is 2.41. The molecule has 0 saturated heterocycles. The molecule has 15 heavy (non-hydrogen) atoms. The maximum absolute atomic E-state index is 10.8. The number of thiazole rings is 1. The maximum atomic E-state index is 10.8. The third-order valence-electron chi connectivity index (χ3n) is 1.67. The van der Waals surface area contributed by atoms with Gasteiger partial charge in [0.05, 0.1) is 15.1 Å². The van der Waals surface area contributed by atoms with Gasteiger partial charge in [-0.3, -0.25) is 4.55 Å². The molecule has 0 unspecified atom stereocenters. The van der Waals surface area contributed by atoms with Crippen molar-refractivity contribution in [2.24, 2.45) is 0 Å². The van der Waals surface area contributed by atoms with Crippen molar-refractivity contribution in [3.05, 3.63) is 18.2 Å². The number of hydrogen-bond acceptors (Lipinski definition) is 5. The summed E-state index contributed by atoms with van der Waals surface area (Å²) >= 11 is 1.17. The minimum Gasteiger partial charge on any atom is -0.375 e. The number of nitrogen functional groups attached to an aromatic ring is 1. The largest absolute Gasteiger partial charge is 0.375 e. The zero-order valence-corrected chi connectivity index (χ0v) is 9.47. The first-order chi connectivity index (χ1) is 6.47. The number of hydrogen-bond donors (Lipinski definition) is 2. The van der Waals surface area contributed by atoms with Crippen molar-refractivity contribution >= 4 is 55.7 Å². The van der Waals surface area contributed by atoms with Crippen LogP contribution in [0.25, 0.3) is 10.2 Å². The van der Waals surface area contributed by atoms with Gasteiger partial charge in [-0.15, -0.1) is 0 Å². The smallest absolute Gasteiger partial charge is 0.294 e. The fourth-order valence-corrected chi connectivity index (χ4v) is 2.44. The molecule has 0 fully saturated rings. The molecule has 0 amide bonds. The van der Waals surface area contributed by atoms with E-state index in [1.807, 2.05) is 0 Å². The topological polar surface area (TPSA) is 93.3 Å². The van der Waals surface area contributed by atoms with Crippen LogP contribution in [-0.4, -0.2) is 36.8 Å². The Morgan fingerprint density at radius 1 is 1.40 bits per heavy atom. The molecule has 2 rings (SSSR count). The Labute approximate surface area is 102 Å². The standard InChI is InChI=1S/C7H6N2O3S2.Li/c8-7-9-5-2-1-4(14(10,11)12)3-6(5)13-7;/h1-3H,(H2,8,9)(H,10,11,12);. The number of nitrogens with two attached hydrogens (primary N) is 1. The summed E-state index contributed by atoms with van der Waals surface area (Å²) in [7, 11) is -4.15. The first-order valence-electron chi connectivity index (χ1n) is 3.60. The number of benzene rings is 1. The normalized spacial score (nSPS) is 11.3. The monoisotopic (exact) mass is 237 g/mol. The molecule has 5 nitrogen and oxygen atoms in total. The van der Waals surface area contributed by atoms with Crippen LogP contribution in [0.5, 0.6) is 0 Å². The fraction of sp³-hybridized carbons (Fsp3) is 0. The Bertz CT molecular complexity index is 593. The van der Waals surface area contributed by atoms with E-state index in [0.29, 0.717) is 15.3 Å². The number of fused-ring (bicyclic) bond motifs is 1. The van der Waals surface area contributed by atoms with Gasteiger partial charge in [-0.1, -0.05) is 11.3 Å². The van der Waals surface area contributed by atoms with Crippen LogP contribution >= 0.6 is 11.3 Å². The average molecular weight is 237 g/mol. The molecule has 75 valence electrons. The van der Waals surface area contributed by atoms with Gasteiger partial charge >= 0.3 is 0 Å². The molecular weight excluding hydrogens is 231 g/mol. The van der Waals surface area contributed by atoms with Gasteiger partial charge in [0, 0.05) is 18.9 Å². The van der Waals surface area contributed by atoms with Crippen LogP contribution in [0.4, 0.5) is 5.13 Å². The van der Waals surface area contributed by atoms with Crippen LogP contribution in [0.3, 0.4) is 0 Å². The van der Waals surface area contributed by atoms with E-state index in [-0.39, 0.29) is 23.8 Å². The van der Waals surface area contributed by atoms with Gasteiger partial charge in [-0.2, -0.15) is 8.42 Å². The minimum absolute atomic E-state index is 0. The molecule has 2 aromatic rings. The molecule has 1 aromatic carbocycles. The molecule has 0 atom stereocenters. The van der Waals surface area contributed by atoms with E-state index in [0.717, 1.165) is 0 Å². The Hall–Kier alpha value is -0.583. The van der Waals surface area contributed by atoms with Gasteiger partial charge in [0.1, 0.15) is 0 Å². The summed E-state index contributed by atoms with van der Waals surface area (Å²) in [6.07, 6.45) is 0. The zero-order chi connectivity index (χ0) is 10.3. The Balaban J connectivity index is 0.00000112. The van der Waals surface area contributed by atoms with Crippen LogP contribution in [0, 0.1) is 0 Å². The van der Waals surface area contributed by atoms with Crippen molar-refractivity contribution < 1.29 is 13.0 Å². The van der Waals surface area contributed by atoms with E-state index in [1.54, 1.807) is 0 Å². The fourth-order valence-electron chi connectivity index (χ4n) is 1.08. The first-order valence-corrected chi connectivity index (χ1v) is 5.86. The molecule has 0 aliphatic heterocycles. The van der Waals surface area contributed by atoms with Gasteiger partial charge in [-0.25, -0.2) is 4.98 Å². The van der Waals surface area contributed by atoms with E-state index in [1.165, 1.54) is 29.5 Å². The molecule has 1 aromatic heterocycles. The first kappa shape index (κ1) is 12.5. The van der Waals surface area contributed by atoms with Crippen molar-refractivity contribution in [1.29, 1.82) is 0 Å². The Morgan fingerprint density at radius 3 is 2.67 bits per heavy atom. The molecule has 3 N–H and O–H groups in total. The van der Waals surface area contributed by atoms with Gasteiger partial charge in [-0.05, 0) is 18.2 Å². The van der Waals surface area contributed by atoms with Crippen LogP contribution < -0.4 is 5.73 Å². The summed E-state index contributed by atoms with van der Waals surface area (Å²) in [6, 6.07) is 4.14. The summed E-state index contributed by atoms with van der Waals surface area (Å²) < 4.78 is 31.0. The second-order valence-corrected chi connectivity index (χ2v) is 5.14. The predicted molar refractivity (Wildman–Crippen MR) is 59.6 cm³/mol. The van der Waals surface area contributed by atoms with Crippen molar-refractivity contribution in [1.82, 2.24) is 4.98 Å². The van der Waals surface area contributed by atoms with Gasteiger partial charge < -0.3 is 5.73 Å². The molecular formula is C7H6LiN2O3S2. The molecule has 0 saturated carbocycles. The summed E-state index contributed by atoms with van der Waals surface area (Å²) in [5.41, 5.74) is 6.07. The summed E-state index contributed by atoms with van der Waals surface area (Å²) in [5.74, 6) is 0. The molecule has 8 heteroatoms. The van der Waals surface area contributed by atoms with E-state index < -0.39 is 10.1 Å². The van der Waals surface area contributed by atoms with E-state index in [4.69, 9.17) is 10.3 Å². The summed E-state index contributed by atoms with van der Waals surface area (Å²) in [4.78, 5) is 3.81. The second kappa shape index (κ2) is 4.12. The van der Waals surface area contributed by atoms with Crippen molar-refractivity contribution in [3.8, 4) is 0 Å². The van der Waals surface area contributed by atoms with E-state index in [2.05, 4.69) is 4.98 Å². The second-order valence-electron chi connectivity index (χ2n) is 2.66. The number of rotatable bonds is 1. The predicted octanol–water partition coefficient (Wildman–Crippen LogP) is 0.744. The molecule has 0 bridgehead atoms. The van der Waals surface area contributed by atoms with Crippen LogP contribution in [0.1, 0.15) is 0 Å². The molecule has 0 aliphatic carbocycles. The zero-order valence-electron chi connectivity index (χ0n) is 7.84. The quantitative estimate of drug-likeness (QED) is 0.563. The van der Waals surface area contributed by atoms with Gasteiger partial charge in [0.15, 0.2) is 5.13 Å². The third-order valence-corrected chi connectivity index (χ3v) is 3.37. The van der Waals surface area contributed by atoms with Gasteiger partial charge in [0.25, 0.3) is 10.1 Å². The summed E-state index contributed by atoms with van der Waals surface area (Å²) in [6.45, 7) is 0. The van der Waals surface area contributed by atoms with Crippen molar-refractivity contribution in [2.75, 3.05) is 5.73 Å². The van der Waals surface area contributed by atoms with Crippen LogP contribution in [-0.2, 0) is 10.1 Å². The third kappa shape index (κ3) is 2.51. The van der Waals surface area contributed by atoms with Crippen molar-refractivity contribution in [3.63, 3.8) is 0 Å². The van der Waals surface area contributed by atoms with Crippen LogP contribution in [0.2, 0.25) is 0 Å². The van der Waals surface area contributed by atoms with Crippen molar-refractivity contribution in [2.45, 2.75) is 4.90 Å². The molecule has 1 heterocycles. The number of nitrogens with zero attached hydrogens (tertiary/aromatic N) is 1. The van der Waals surface area contributed by atoms with E-state index in [9.17, 15) is 8.42 Å². The molecule has 0 spiro atoms. The Morgan fingerprint density at radius 2 is 2.07 bits per heavy atom. The van der Waals surface area contributed by atoms with Gasteiger partial charge in [0.2, 0.25) is 0 Å². The number of anilines is 1. The SMILES string of the molecule is Nc1nc2ccc(S(=O)(=O)O)cc2s1.[Li]. The Kier molecular flexibility index (Phi) is 3.43. The summed E-state index contributed by atoms with van der Waals surface area (Å²) in [5, 5.41) is 0.368. The van der Waals surface area contributed by atoms with Crippen LogP contribution in [0.15, 0.2) is 23.1 Å². The number of aromatic nitrogens is 1. The maximum Gasteiger partial charge on any atom is 0.294 e. The minimum atomic E-state index is -4.15.